The number of fused-ring (bicyclic) bond motifs is 7. The van der Waals surface area contributed by atoms with Crippen LogP contribution in [-0.2, 0) is 76.7 Å². The SMILES string of the molecule is CCN1C(=CC=CC=CC2=[N+](CCCCC(=O)NC[C@@H]3CC4CC[C@H]5C(=O)N[C@@H](CCCN=C(N)N)C(=O)NCC(=O)N[C@@H](CC(=O)O)C(=O)N[C@H]3C(=O)N45)c3ccc4c(S(=O)O)cccc4c3C2(C)C)C(C)(C)c2c1ccc1c(C)cccc21.O=S(=O)=O.O=S(=O)=O. The van der Waals surface area contributed by atoms with Crippen molar-refractivity contribution in [3.63, 3.8) is 0 Å². The number of hydrogen-bond acceptors (Lipinski definition) is 16. The Morgan fingerprint density at radius 3 is 2.12 bits per heavy atom. The number of nitrogens with one attached hydrogen (secondary N) is 5. The molecular formula is C63H78N11O16S3+. The van der Waals surface area contributed by atoms with Gasteiger partial charge >= 0.3 is 27.2 Å². The van der Waals surface area contributed by atoms with Crippen molar-refractivity contribution in [2.24, 2.45) is 22.4 Å². The fraction of sp³-hybridized carbons (Fsp3) is 0.444. The number of benzene rings is 4. The van der Waals surface area contributed by atoms with Crippen LogP contribution >= 0.6 is 0 Å². The van der Waals surface area contributed by atoms with Crippen molar-refractivity contribution >= 4 is 118 Å². The number of amides is 6. The predicted octanol–water partition coefficient (Wildman–Crippen LogP) is 2.84. The minimum Gasteiger partial charge on any atom is -0.481 e. The first-order valence-corrected chi connectivity index (χ1v) is 33.4. The van der Waals surface area contributed by atoms with E-state index in [1.165, 1.54) is 38.2 Å². The number of carbonyl (C=O) groups excluding carboxylic acids is 6. The average Bonchev–Trinajstić information content (AvgIpc) is 1.60. The number of nitrogens with zero attached hydrogens (tertiary/aromatic N) is 4. The second-order valence-electron chi connectivity index (χ2n) is 24.1. The van der Waals surface area contributed by atoms with Gasteiger partial charge < -0.3 is 57.5 Å². The van der Waals surface area contributed by atoms with Crippen LogP contribution in [0.2, 0.25) is 0 Å². The number of carboxylic acid groups (broad SMARTS) is 1. The van der Waals surface area contributed by atoms with E-state index in [1.807, 2.05) is 30.4 Å². The molecule has 5 aliphatic rings. The zero-order valence-corrected chi connectivity index (χ0v) is 54.8. The zero-order chi connectivity index (χ0) is 68.2. The number of hydrogen-bond donors (Lipinski definition) is 9. The van der Waals surface area contributed by atoms with Crippen molar-refractivity contribution in [3.8, 4) is 0 Å². The molecule has 93 heavy (non-hydrogen) atoms. The summed E-state index contributed by atoms with van der Waals surface area (Å²) < 4.78 is 75.8. The number of likely N-dealkylation sites (N-methyl/N-ethyl adjacent to an activating group) is 1. The fourth-order valence-electron chi connectivity index (χ4n) is 13.5. The molecule has 0 aliphatic carbocycles. The summed E-state index contributed by atoms with van der Waals surface area (Å²) >= 11 is -2.21. The number of anilines is 1. The molecule has 0 spiro atoms. The molecule has 3 saturated heterocycles. The molecule has 498 valence electrons. The van der Waals surface area contributed by atoms with E-state index in [0.29, 0.717) is 36.1 Å². The van der Waals surface area contributed by atoms with E-state index >= 15 is 0 Å². The molecule has 27 nitrogen and oxygen atoms in total. The third-order valence-electron chi connectivity index (χ3n) is 17.5. The summed E-state index contributed by atoms with van der Waals surface area (Å²) in [5, 5.41) is 27.1. The van der Waals surface area contributed by atoms with Gasteiger partial charge in [-0.1, -0.05) is 68.5 Å². The Kier molecular flexibility index (Phi) is 23.9. The molecular weight excluding hydrogens is 1260 g/mol. The van der Waals surface area contributed by atoms with Gasteiger partial charge in [0.1, 0.15) is 30.7 Å². The van der Waals surface area contributed by atoms with Crippen LogP contribution in [0, 0.1) is 12.8 Å². The Labute approximate surface area is 543 Å². The minimum atomic E-state index is -3.11. The van der Waals surface area contributed by atoms with Gasteiger partial charge in [-0.25, -0.2) is 4.21 Å². The quantitative estimate of drug-likeness (QED) is 0.0173. The van der Waals surface area contributed by atoms with Crippen LogP contribution in [0.4, 0.5) is 11.4 Å². The van der Waals surface area contributed by atoms with Gasteiger partial charge in [-0.2, -0.15) is 4.58 Å². The van der Waals surface area contributed by atoms with E-state index < -0.39 is 122 Å². The number of aryl methyl sites for hydroxylation is 1. The molecule has 0 saturated carbocycles. The molecule has 5 aliphatic heterocycles. The van der Waals surface area contributed by atoms with Crippen LogP contribution in [0.15, 0.2) is 107 Å². The zero-order valence-electron chi connectivity index (χ0n) is 52.3. The summed E-state index contributed by atoms with van der Waals surface area (Å²) in [4.78, 5) is 103. The number of nitrogens with two attached hydrogens (primary N) is 2. The molecule has 4 aromatic rings. The summed E-state index contributed by atoms with van der Waals surface area (Å²) in [7, 11) is -6.22. The van der Waals surface area contributed by atoms with Crippen LogP contribution < -0.4 is 43.0 Å². The van der Waals surface area contributed by atoms with Gasteiger partial charge in [0.25, 0.3) is 0 Å². The standard InChI is InChI=1S/C63H77N11O10S.2O3S/c1-7-72-45-28-25-39-36(2)16-13-17-41(39)54(45)62(3,4)49(72)21-9-8-10-22-50-63(5,6)55-42-18-14-20-48(85(83)84)40(42)26-29-46(55)73(50)31-12-11-23-51(75)67-34-37-32-38-24-27-47-59(81)70-43(19-15-30-66-61(64)65)57(79)68-35-52(76)69-44(33-53(77)78)58(80)71-56(37)60(82)74(38)47;2*1-4(2)3/h8-10,13-14,16-18,20-22,25-26,28-29,37-38,43-44,47,56H,7,11-12,15,19,23-24,27,30-35H2,1-6H3,(H10-,64,65,66,67,68,69,70,71,75,76,77,78,79,80,81,83,84);;/p+1/t37-,38?,43-,44-,47-,56+;;/m0../s1. The first kappa shape index (κ1) is 71.4. The number of allylic oxidation sites excluding steroid dienone is 6. The first-order valence-electron chi connectivity index (χ1n) is 30.2. The Morgan fingerprint density at radius 2 is 1.45 bits per heavy atom. The van der Waals surface area contributed by atoms with Crippen LogP contribution in [0.1, 0.15) is 109 Å². The van der Waals surface area contributed by atoms with Crippen molar-refractivity contribution in [2.45, 2.75) is 145 Å². The number of guanidine groups is 1. The van der Waals surface area contributed by atoms with Crippen molar-refractivity contribution in [3.05, 3.63) is 113 Å². The highest BCUT2D eigenvalue weighted by Crippen LogP contribution is 2.51. The average molecular weight is 1340 g/mol. The Hall–Kier alpha value is -9.00. The van der Waals surface area contributed by atoms with Gasteiger partial charge in [-0.05, 0) is 118 Å². The van der Waals surface area contributed by atoms with E-state index in [1.54, 1.807) is 12.1 Å². The lowest BCUT2D eigenvalue weighted by Gasteiger charge is -2.42. The van der Waals surface area contributed by atoms with E-state index in [0.717, 1.165) is 28.9 Å². The summed E-state index contributed by atoms with van der Waals surface area (Å²) in [6.45, 7) is 14.0. The Bertz CT molecular complexity index is 4010. The number of carboxylic acids is 1. The van der Waals surface area contributed by atoms with Gasteiger partial charge in [0.2, 0.25) is 41.1 Å². The minimum absolute atomic E-state index is 0.0330. The van der Waals surface area contributed by atoms with Crippen LogP contribution in [0.5, 0.6) is 0 Å². The van der Waals surface area contributed by atoms with E-state index in [-0.39, 0.29) is 62.5 Å². The Balaban J connectivity index is 0.00000145. The molecule has 0 radical (unpaired) electrons. The lowest BCUT2D eigenvalue weighted by Crippen LogP contribution is -2.65. The third-order valence-corrected chi connectivity index (χ3v) is 18.2. The molecule has 30 heteroatoms. The van der Waals surface area contributed by atoms with E-state index in [9.17, 15) is 47.4 Å². The van der Waals surface area contributed by atoms with Gasteiger partial charge in [0.15, 0.2) is 22.8 Å². The molecule has 9 rings (SSSR count). The number of unbranched alkanes of at least 4 members (excludes halogenated alkanes) is 1. The summed E-state index contributed by atoms with van der Waals surface area (Å²) in [6, 6.07) is 14.7. The fourth-order valence-corrected chi connectivity index (χ4v) is 14.1. The molecule has 3 fully saturated rings. The monoisotopic (exact) mass is 1340 g/mol. The van der Waals surface area contributed by atoms with Crippen LogP contribution in [0.3, 0.4) is 0 Å². The first-order chi connectivity index (χ1) is 44.0. The highest BCUT2D eigenvalue weighted by molar-refractivity contribution is 7.79. The predicted molar refractivity (Wildman–Crippen MR) is 346 cm³/mol. The maximum Gasteiger partial charge on any atom is 0.425 e. The summed E-state index contributed by atoms with van der Waals surface area (Å²) in [6.07, 6.45) is 12.1. The highest BCUT2D eigenvalue weighted by atomic mass is 32.2. The number of rotatable bonds is 18. The lowest BCUT2D eigenvalue weighted by molar-refractivity contribution is -0.438. The smallest absolute Gasteiger partial charge is 0.425 e. The number of piperidine rings is 1. The van der Waals surface area contributed by atoms with E-state index in [4.69, 9.17) is 36.7 Å². The topological polar surface area (TPSA) is 413 Å². The molecule has 11 N–H and O–H groups in total. The van der Waals surface area contributed by atoms with Gasteiger partial charge in [-0.3, -0.25) is 38.6 Å². The molecule has 2 unspecified atom stereocenters. The van der Waals surface area contributed by atoms with Crippen molar-refractivity contribution in [1.82, 2.24) is 31.5 Å². The second-order valence-corrected chi connectivity index (χ2v) is 25.9. The Morgan fingerprint density at radius 1 is 0.774 bits per heavy atom. The normalized spacial score (nSPS) is 22.3. The number of aliphatic imine (C=N–C) groups is 1. The lowest BCUT2D eigenvalue weighted by atomic mass is 9.79. The second kappa shape index (κ2) is 31.1. The summed E-state index contributed by atoms with van der Waals surface area (Å²) in [5.41, 5.74) is 18.1. The largest absolute Gasteiger partial charge is 0.481 e. The third kappa shape index (κ3) is 16.8. The molecule has 6 amide bonds. The van der Waals surface area contributed by atoms with Crippen LogP contribution in [-0.4, -0.2) is 165 Å². The number of aliphatic carboxylic acids is 1. The maximum absolute atomic E-state index is 14.6. The van der Waals surface area contributed by atoms with Crippen molar-refractivity contribution in [1.29, 1.82) is 0 Å². The van der Waals surface area contributed by atoms with Gasteiger partial charge in [0.05, 0.1) is 23.3 Å². The van der Waals surface area contributed by atoms with Crippen LogP contribution in [0.25, 0.3) is 21.5 Å². The molecule has 0 aromatic heterocycles. The van der Waals surface area contributed by atoms with E-state index in [2.05, 4.69) is 131 Å². The number of carbonyl (C=O) groups is 7. The highest BCUT2D eigenvalue weighted by Gasteiger charge is 2.51. The van der Waals surface area contributed by atoms with Gasteiger partial charge in [0, 0.05) is 84.3 Å². The molecule has 4 aromatic carbocycles. The summed E-state index contributed by atoms with van der Waals surface area (Å²) in [5.74, 6) is -6.31. The van der Waals surface area contributed by atoms with Gasteiger partial charge in [-0.15, -0.1) is 25.3 Å². The molecule has 7 atom stereocenters. The van der Waals surface area contributed by atoms with Crippen molar-refractivity contribution in [2.75, 3.05) is 37.6 Å². The molecule has 5 heterocycles. The van der Waals surface area contributed by atoms with Crippen molar-refractivity contribution < 1.29 is 77.3 Å². The molecule has 2 bridgehead atoms. The maximum atomic E-state index is 14.6.